The maximum atomic E-state index is 14.2. The molecule has 7 nitrogen and oxygen atoms in total. The summed E-state index contributed by atoms with van der Waals surface area (Å²) in [5.74, 6) is 1.71. The van der Waals surface area contributed by atoms with E-state index in [-0.39, 0.29) is 11.5 Å². The molecule has 0 saturated carbocycles. The minimum Gasteiger partial charge on any atom is -0.496 e. The van der Waals surface area contributed by atoms with E-state index >= 15 is 0 Å². The second kappa shape index (κ2) is 12.4. The predicted molar refractivity (Wildman–Crippen MR) is 169 cm³/mol. The lowest BCUT2D eigenvalue weighted by Gasteiger charge is -2.30. The third kappa shape index (κ3) is 5.51. The van der Waals surface area contributed by atoms with Gasteiger partial charge >= 0.3 is 0 Å². The molecule has 0 unspecified atom stereocenters. The van der Waals surface area contributed by atoms with Gasteiger partial charge in [-0.15, -0.1) is 0 Å². The fourth-order valence-corrected chi connectivity index (χ4v) is 6.41. The Morgan fingerprint density at radius 3 is 2.45 bits per heavy atom. The van der Waals surface area contributed by atoms with E-state index in [1.54, 1.807) is 16.6 Å². The van der Waals surface area contributed by atoms with E-state index in [9.17, 15) is 9.59 Å². The molecule has 0 aliphatic carbocycles. The highest BCUT2D eigenvalue weighted by Gasteiger charge is 2.36. The van der Waals surface area contributed by atoms with E-state index in [1.165, 1.54) is 11.3 Å². The Labute approximate surface area is 250 Å². The van der Waals surface area contributed by atoms with Gasteiger partial charge in [-0.1, -0.05) is 67.6 Å². The molecule has 0 radical (unpaired) electrons. The van der Waals surface area contributed by atoms with Crippen LogP contribution in [-0.2, 0) is 4.79 Å². The second-order valence-electron chi connectivity index (χ2n) is 10.7. The Hall–Kier alpha value is -4.17. The molecule has 2 heterocycles. The van der Waals surface area contributed by atoms with Gasteiger partial charge in [-0.25, -0.2) is 4.99 Å². The van der Waals surface area contributed by atoms with Crippen LogP contribution in [0.3, 0.4) is 0 Å². The van der Waals surface area contributed by atoms with Crippen LogP contribution in [0.5, 0.6) is 11.5 Å². The lowest BCUT2D eigenvalue weighted by Crippen LogP contribution is -2.43. The highest BCUT2D eigenvalue weighted by atomic mass is 32.1. The predicted octanol–water partition coefficient (Wildman–Crippen LogP) is 5.30. The summed E-state index contributed by atoms with van der Waals surface area (Å²) in [5, 5.41) is 1.92. The molecule has 0 bridgehead atoms. The molecule has 218 valence electrons. The van der Waals surface area contributed by atoms with Crippen LogP contribution >= 0.6 is 11.3 Å². The number of benzene rings is 3. The molecule has 1 aromatic heterocycles. The first-order valence-electron chi connectivity index (χ1n) is 14.4. The van der Waals surface area contributed by atoms with Crippen molar-refractivity contribution in [2.24, 2.45) is 10.9 Å². The number of rotatable bonds is 9. The van der Waals surface area contributed by atoms with E-state index in [2.05, 4.69) is 13.8 Å². The molecule has 0 N–H and O–H groups in total. The molecule has 8 heteroatoms. The largest absolute Gasteiger partial charge is 0.496 e. The maximum Gasteiger partial charge on any atom is 0.271 e. The topological polar surface area (TPSA) is 73.1 Å². The monoisotopic (exact) mass is 583 g/mol. The first-order chi connectivity index (χ1) is 20.3. The minimum atomic E-state index is -0.704. The first-order valence-corrected chi connectivity index (χ1v) is 15.2. The molecule has 4 aromatic rings. The Balaban J connectivity index is 1.73. The zero-order valence-electron chi connectivity index (χ0n) is 25.0. The van der Waals surface area contributed by atoms with Crippen molar-refractivity contribution in [3.63, 3.8) is 0 Å². The van der Waals surface area contributed by atoms with Crippen molar-refractivity contribution < 1.29 is 14.3 Å². The van der Waals surface area contributed by atoms with E-state index in [0.717, 1.165) is 27.6 Å². The Bertz CT molecular complexity index is 1830. The summed E-state index contributed by atoms with van der Waals surface area (Å²) < 4.78 is 13.9. The third-order valence-electron chi connectivity index (χ3n) is 7.49. The molecule has 1 amide bonds. The lowest BCUT2D eigenvalue weighted by molar-refractivity contribution is -0.127. The van der Waals surface area contributed by atoms with Crippen LogP contribution in [0.4, 0.5) is 0 Å². The molecule has 1 atom stereocenters. The number of carbonyl (C=O) groups is 1. The van der Waals surface area contributed by atoms with Gasteiger partial charge in [-0.3, -0.25) is 14.2 Å². The number of amides is 1. The fourth-order valence-electron chi connectivity index (χ4n) is 5.36. The number of thiazole rings is 1. The number of allylic oxidation sites excluding steroid dienone is 1. The van der Waals surface area contributed by atoms with E-state index < -0.39 is 6.04 Å². The second-order valence-corrected chi connectivity index (χ2v) is 11.7. The van der Waals surface area contributed by atoms with Gasteiger partial charge in [0.15, 0.2) is 4.80 Å². The van der Waals surface area contributed by atoms with Gasteiger partial charge in [0, 0.05) is 18.7 Å². The summed E-state index contributed by atoms with van der Waals surface area (Å²) in [7, 11) is 1.62. The van der Waals surface area contributed by atoms with Gasteiger partial charge < -0.3 is 14.4 Å². The number of hydrogen-bond acceptors (Lipinski definition) is 6. The molecule has 1 aliphatic rings. The van der Waals surface area contributed by atoms with Crippen LogP contribution in [0.25, 0.3) is 16.8 Å². The Morgan fingerprint density at radius 2 is 1.79 bits per heavy atom. The molecule has 3 aromatic carbocycles. The van der Waals surface area contributed by atoms with Gasteiger partial charge in [0.25, 0.3) is 11.5 Å². The van der Waals surface area contributed by atoms with E-state index in [0.29, 0.717) is 52.0 Å². The number of likely N-dealkylation sites (N-methyl/N-ethyl adjacent to an activating group) is 1. The SMILES string of the molecule is CCN(CC)C(=O)C1=C(C)N=c2s/c(=C\c3ccc(OCC(C)C)cc3)c(=O)n2[C@H]1c1c(OC)ccc2ccccc12. The smallest absolute Gasteiger partial charge is 0.271 e. The average Bonchev–Trinajstić information content (AvgIpc) is 3.29. The minimum absolute atomic E-state index is 0.132. The zero-order valence-corrected chi connectivity index (χ0v) is 25.8. The molecule has 42 heavy (non-hydrogen) atoms. The van der Waals surface area contributed by atoms with Crippen molar-refractivity contribution in [3.05, 3.63) is 103 Å². The van der Waals surface area contributed by atoms with Crippen LogP contribution in [-0.4, -0.2) is 42.2 Å². The number of nitrogens with zero attached hydrogens (tertiary/aromatic N) is 3. The maximum absolute atomic E-state index is 14.2. The van der Waals surface area contributed by atoms with Crippen molar-refractivity contribution in [1.29, 1.82) is 0 Å². The number of carbonyl (C=O) groups excluding carboxylic acids is 1. The van der Waals surface area contributed by atoms with Crippen molar-refractivity contribution in [2.45, 2.75) is 40.7 Å². The first kappa shape index (κ1) is 29.3. The standard InChI is InChI=1S/C34H37N3O4S/c1-7-36(8-2)33(39)29-22(5)35-34-37(31(29)30-26-12-10-9-11-24(26)15-18-27(30)40-6)32(38)28(42-34)19-23-13-16-25(17-14-23)41-20-21(3)4/h9-19,21,31H,7-8,20H2,1-6H3/b28-19-/t31-/m1/s1. The Morgan fingerprint density at radius 1 is 1.07 bits per heavy atom. The molecular weight excluding hydrogens is 546 g/mol. The third-order valence-corrected chi connectivity index (χ3v) is 8.47. The van der Waals surface area contributed by atoms with E-state index in [4.69, 9.17) is 14.5 Å². The van der Waals surface area contributed by atoms with Gasteiger partial charge in [-0.05, 0) is 67.3 Å². The van der Waals surface area contributed by atoms with Gasteiger partial charge in [0.1, 0.15) is 17.5 Å². The van der Waals surface area contributed by atoms with Crippen LogP contribution in [0.15, 0.2) is 81.7 Å². The molecular formula is C34H37N3O4S. The lowest BCUT2D eigenvalue weighted by atomic mass is 9.90. The zero-order chi connectivity index (χ0) is 30.0. The molecule has 0 spiro atoms. The van der Waals surface area contributed by atoms with Crippen LogP contribution in [0.1, 0.15) is 51.8 Å². The summed E-state index contributed by atoms with van der Waals surface area (Å²) >= 11 is 1.33. The van der Waals surface area contributed by atoms with Crippen LogP contribution in [0, 0.1) is 5.92 Å². The van der Waals surface area contributed by atoms with Crippen molar-refractivity contribution >= 4 is 34.1 Å². The van der Waals surface area contributed by atoms with E-state index in [1.807, 2.05) is 87.5 Å². The number of aromatic nitrogens is 1. The highest BCUT2D eigenvalue weighted by Crippen LogP contribution is 2.40. The van der Waals surface area contributed by atoms with Gasteiger partial charge in [-0.2, -0.15) is 0 Å². The van der Waals surface area contributed by atoms with Crippen molar-refractivity contribution in [2.75, 3.05) is 26.8 Å². The van der Waals surface area contributed by atoms with Crippen LogP contribution < -0.4 is 24.4 Å². The molecule has 0 saturated heterocycles. The summed E-state index contributed by atoms with van der Waals surface area (Å²) in [6, 6.07) is 18.9. The summed E-state index contributed by atoms with van der Waals surface area (Å²) in [6.45, 7) is 11.7. The number of methoxy groups -OCH3 is 1. The summed E-state index contributed by atoms with van der Waals surface area (Å²) in [4.78, 5) is 35.5. The molecule has 5 rings (SSSR count). The van der Waals surface area contributed by atoms with Gasteiger partial charge in [0.05, 0.1) is 29.5 Å². The number of ether oxygens (including phenoxy) is 2. The number of fused-ring (bicyclic) bond motifs is 2. The highest BCUT2D eigenvalue weighted by molar-refractivity contribution is 7.07. The molecule has 0 fully saturated rings. The van der Waals surface area contributed by atoms with Crippen molar-refractivity contribution in [1.82, 2.24) is 9.47 Å². The summed E-state index contributed by atoms with van der Waals surface area (Å²) in [5.41, 5.74) is 2.55. The fraction of sp³-hybridized carbons (Fsp3) is 0.324. The molecule has 1 aliphatic heterocycles. The Kier molecular flexibility index (Phi) is 8.64. The quantitative estimate of drug-likeness (QED) is 0.268. The number of hydrogen-bond donors (Lipinski definition) is 0. The average molecular weight is 584 g/mol. The summed E-state index contributed by atoms with van der Waals surface area (Å²) in [6.07, 6.45) is 1.87. The normalized spacial score (nSPS) is 15.1. The van der Waals surface area contributed by atoms with Crippen LogP contribution in [0.2, 0.25) is 0 Å². The van der Waals surface area contributed by atoms with Crippen molar-refractivity contribution in [3.8, 4) is 11.5 Å². The van der Waals surface area contributed by atoms with Gasteiger partial charge in [0.2, 0.25) is 0 Å².